The van der Waals surface area contributed by atoms with E-state index in [2.05, 4.69) is 0 Å². The first-order valence-corrected chi connectivity index (χ1v) is 1.86. The molecule has 0 bridgehead atoms. The molecule has 5 heteroatoms. The molecule has 0 atom stereocenters. The molecule has 0 fully saturated rings. The van der Waals surface area contributed by atoms with Gasteiger partial charge in [-0.05, 0) is 0 Å². The molecule has 50 valence electrons. The Morgan fingerprint density at radius 1 is 1.00 bits per heavy atom. The van der Waals surface area contributed by atoms with Crippen molar-refractivity contribution in [1.29, 1.82) is 0 Å². The molecule has 4 nitrogen and oxygen atoms in total. The van der Waals surface area contributed by atoms with Crippen molar-refractivity contribution in [1.82, 2.24) is 0 Å². The molecule has 0 aromatic carbocycles. The van der Waals surface area contributed by atoms with E-state index in [0.29, 0.717) is 0 Å². The summed E-state index contributed by atoms with van der Waals surface area (Å²) in [4.78, 5) is 18.0. The fourth-order valence-corrected chi connectivity index (χ4v) is 0. The summed E-state index contributed by atoms with van der Waals surface area (Å²) >= 11 is 0. The minimum Gasteiger partial charge on any atom is -0.481 e. The second kappa shape index (κ2) is 10.8. The number of carboxylic acids is 2. The fraction of sp³-hybridized carbons (Fsp3) is 0.500. The van der Waals surface area contributed by atoms with Gasteiger partial charge >= 0.3 is 27.3 Å². The molecule has 0 aliphatic heterocycles. The Balaban J connectivity index is -0.0000000720. The third-order valence-electron chi connectivity index (χ3n) is 0. The quantitative estimate of drug-likeness (QED) is 0.605. The van der Waals surface area contributed by atoms with Crippen LogP contribution in [0.4, 0.5) is 0 Å². The zero-order chi connectivity index (χ0) is 7.15. The average molecular weight is 327 g/mol. The van der Waals surface area contributed by atoms with Crippen molar-refractivity contribution in [2.45, 2.75) is 13.8 Å². The predicted molar refractivity (Wildman–Crippen MR) is 32.4 cm³/mol. The van der Waals surface area contributed by atoms with Crippen LogP contribution in [0.15, 0.2) is 0 Å². The number of rotatable bonds is 0. The SMILES string of the molecule is CC(=O)O.CC(=O)O.[Pb+2]. The Hall–Kier alpha value is -0.138. The molecule has 2 N–H and O–H groups in total. The zero-order valence-electron chi connectivity index (χ0n) is 5.21. The van der Waals surface area contributed by atoms with E-state index in [1.54, 1.807) is 0 Å². The van der Waals surface area contributed by atoms with Crippen molar-refractivity contribution in [3.05, 3.63) is 0 Å². The standard InChI is InChI=1S/2C2H4O2.Pb/c2*1-2(3)4;/h2*1H3,(H,3,4);/q;;+2. The Morgan fingerprint density at radius 3 is 1.00 bits per heavy atom. The molecule has 0 unspecified atom stereocenters. The fourth-order valence-electron chi connectivity index (χ4n) is 0. The van der Waals surface area contributed by atoms with Crippen LogP contribution in [0.3, 0.4) is 0 Å². The second-order valence-electron chi connectivity index (χ2n) is 1.04. The van der Waals surface area contributed by atoms with Gasteiger partial charge in [0.15, 0.2) is 0 Å². The van der Waals surface area contributed by atoms with Gasteiger partial charge in [-0.2, -0.15) is 0 Å². The van der Waals surface area contributed by atoms with Gasteiger partial charge in [-0.3, -0.25) is 9.59 Å². The number of hydrogen-bond donors (Lipinski definition) is 2. The first kappa shape index (κ1) is 15.9. The Bertz CT molecular complexity index is 70.6. The first-order chi connectivity index (χ1) is 3.46. The Labute approximate surface area is 73.0 Å². The average Bonchev–Trinajstić information content (AvgIpc) is 1.25. The van der Waals surface area contributed by atoms with Crippen molar-refractivity contribution in [3.63, 3.8) is 0 Å². The Kier molecular flexibility index (Phi) is 19.1. The summed E-state index contributed by atoms with van der Waals surface area (Å²) in [6, 6.07) is 0. The van der Waals surface area contributed by atoms with Gasteiger partial charge in [0.05, 0.1) is 0 Å². The second-order valence-corrected chi connectivity index (χ2v) is 1.04. The van der Waals surface area contributed by atoms with Gasteiger partial charge in [0, 0.05) is 13.8 Å². The van der Waals surface area contributed by atoms with Gasteiger partial charge in [0.2, 0.25) is 0 Å². The number of carboxylic acid groups (broad SMARTS) is 2. The minimum atomic E-state index is -0.833. The normalized spacial score (nSPS) is 5.56. The maximum Gasteiger partial charge on any atom is 2.00 e. The van der Waals surface area contributed by atoms with Gasteiger partial charge in [0.1, 0.15) is 0 Å². The van der Waals surface area contributed by atoms with Crippen LogP contribution in [0.2, 0.25) is 0 Å². The van der Waals surface area contributed by atoms with Gasteiger partial charge in [-0.25, -0.2) is 0 Å². The summed E-state index contributed by atoms with van der Waals surface area (Å²) in [5.74, 6) is -1.67. The maximum atomic E-state index is 9.00. The molecule has 0 spiro atoms. The van der Waals surface area contributed by atoms with Crippen molar-refractivity contribution >= 4 is 39.2 Å². The summed E-state index contributed by atoms with van der Waals surface area (Å²) in [6.07, 6.45) is 0. The molecular formula is C4H8O4Pb+2. The van der Waals surface area contributed by atoms with Crippen LogP contribution < -0.4 is 0 Å². The zero-order valence-corrected chi connectivity index (χ0v) is 9.10. The molecule has 2 radical (unpaired) electrons. The molecule has 0 saturated heterocycles. The molecule has 0 rings (SSSR count). The molecule has 0 aromatic rings. The minimum absolute atomic E-state index is 0. The maximum absolute atomic E-state index is 9.00. The monoisotopic (exact) mass is 328 g/mol. The summed E-state index contributed by atoms with van der Waals surface area (Å²) in [7, 11) is 0. The topological polar surface area (TPSA) is 74.6 Å². The summed E-state index contributed by atoms with van der Waals surface area (Å²) in [5.41, 5.74) is 0. The third-order valence-corrected chi connectivity index (χ3v) is 0. The van der Waals surface area contributed by atoms with Crippen LogP contribution >= 0.6 is 0 Å². The Morgan fingerprint density at radius 2 is 1.00 bits per heavy atom. The number of hydrogen-bond acceptors (Lipinski definition) is 2. The summed E-state index contributed by atoms with van der Waals surface area (Å²) in [6.45, 7) is 2.17. The van der Waals surface area contributed by atoms with Gasteiger partial charge < -0.3 is 10.2 Å². The molecule has 0 aromatic heterocycles. The van der Waals surface area contributed by atoms with Crippen LogP contribution in [0, 0.1) is 0 Å². The molecule has 9 heavy (non-hydrogen) atoms. The van der Waals surface area contributed by atoms with E-state index in [9.17, 15) is 0 Å². The largest absolute Gasteiger partial charge is 2.00 e. The number of carbonyl (C=O) groups is 2. The number of aliphatic carboxylic acids is 2. The van der Waals surface area contributed by atoms with E-state index in [1.807, 2.05) is 0 Å². The van der Waals surface area contributed by atoms with Crippen LogP contribution in [-0.4, -0.2) is 49.5 Å². The molecule has 0 aliphatic rings. The van der Waals surface area contributed by atoms with Gasteiger partial charge in [-0.15, -0.1) is 0 Å². The van der Waals surface area contributed by atoms with Crippen LogP contribution in [0.1, 0.15) is 13.8 Å². The van der Waals surface area contributed by atoms with Crippen molar-refractivity contribution < 1.29 is 19.8 Å². The molecule has 0 aliphatic carbocycles. The van der Waals surface area contributed by atoms with Crippen molar-refractivity contribution in [3.8, 4) is 0 Å². The summed E-state index contributed by atoms with van der Waals surface area (Å²) in [5, 5.41) is 14.8. The molecule has 0 heterocycles. The van der Waals surface area contributed by atoms with Gasteiger partial charge in [0.25, 0.3) is 11.9 Å². The third kappa shape index (κ3) is 14200. The van der Waals surface area contributed by atoms with Crippen LogP contribution in [-0.2, 0) is 9.59 Å². The van der Waals surface area contributed by atoms with E-state index < -0.39 is 11.9 Å². The van der Waals surface area contributed by atoms with E-state index in [1.165, 1.54) is 0 Å². The molecule has 0 saturated carbocycles. The van der Waals surface area contributed by atoms with Crippen molar-refractivity contribution in [2.24, 2.45) is 0 Å². The van der Waals surface area contributed by atoms with Crippen LogP contribution in [0.25, 0.3) is 0 Å². The van der Waals surface area contributed by atoms with E-state index >= 15 is 0 Å². The predicted octanol–water partition coefficient (Wildman–Crippen LogP) is -0.199. The van der Waals surface area contributed by atoms with E-state index in [-0.39, 0.29) is 27.3 Å². The van der Waals surface area contributed by atoms with Gasteiger partial charge in [-0.1, -0.05) is 0 Å². The smallest absolute Gasteiger partial charge is 0.481 e. The van der Waals surface area contributed by atoms with Crippen molar-refractivity contribution in [2.75, 3.05) is 0 Å². The van der Waals surface area contributed by atoms with E-state index in [4.69, 9.17) is 19.8 Å². The molecule has 0 amide bonds. The van der Waals surface area contributed by atoms with E-state index in [0.717, 1.165) is 13.8 Å². The molecular weight excluding hydrogens is 319 g/mol. The first-order valence-electron chi connectivity index (χ1n) is 1.86. The van der Waals surface area contributed by atoms with Crippen LogP contribution in [0.5, 0.6) is 0 Å². The summed E-state index contributed by atoms with van der Waals surface area (Å²) < 4.78 is 0.